The largest absolute Gasteiger partial charge is 0.371 e. The van der Waals surface area contributed by atoms with Crippen LogP contribution in [0.3, 0.4) is 0 Å². The minimum Gasteiger partial charge on any atom is -0.371 e. The number of nitrogens with zero attached hydrogens (tertiary/aromatic N) is 1. The Balaban J connectivity index is 0.00000150. The quantitative estimate of drug-likeness (QED) is 0.665. The molecule has 0 aromatic heterocycles. The van der Waals surface area contributed by atoms with Crippen LogP contribution in [0.2, 0.25) is 0 Å². The molecule has 0 radical (unpaired) electrons. The molecular weight excluding hydrogens is 405 g/mol. The van der Waals surface area contributed by atoms with E-state index >= 15 is 0 Å². The summed E-state index contributed by atoms with van der Waals surface area (Å²) in [4.78, 5) is 14.9. The number of amides is 1. The number of halogens is 2. The molecule has 2 aromatic carbocycles. The molecule has 29 heavy (non-hydrogen) atoms. The van der Waals surface area contributed by atoms with E-state index in [2.05, 4.69) is 64.1 Å². The van der Waals surface area contributed by atoms with Gasteiger partial charge in [-0.25, -0.2) is 0 Å². The average Bonchev–Trinajstić information content (AvgIpc) is 3.22. The van der Waals surface area contributed by atoms with Crippen molar-refractivity contribution in [3.63, 3.8) is 0 Å². The molecule has 1 fully saturated rings. The van der Waals surface area contributed by atoms with Crippen molar-refractivity contribution in [2.75, 3.05) is 24.5 Å². The van der Waals surface area contributed by atoms with Crippen molar-refractivity contribution >= 4 is 36.4 Å². The van der Waals surface area contributed by atoms with Crippen LogP contribution in [0.5, 0.6) is 0 Å². The maximum atomic E-state index is 12.5. The van der Waals surface area contributed by atoms with E-state index in [0.29, 0.717) is 6.04 Å². The molecule has 2 atom stereocenters. The Hall–Kier alpha value is -1.75. The molecular formula is C23H31Cl2N3O. The van der Waals surface area contributed by atoms with Gasteiger partial charge >= 0.3 is 0 Å². The third kappa shape index (κ3) is 5.88. The maximum Gasteiger partial charge on any atom is 0.237 e. The standard InChI is InChI=1S/C23H29N3O.2ClH/c27-23(21-14-13-20(25-21)18-8-2-1-3-9-18)24-15-7-17-26-16-6-11-19-10-4-5-12-22(19)26;;/h1-5,8-10,12,20-21,25H,6-7,11,13-17H2,(H,24,27);2*1H/t20-,21-;;/m1../s1. The highest BCUT2D eigenvalue weighted by molar-refractivity contribution is 5.85. The topological polar surface area (TPSA) is 44.4 Å². The molecule has 2 heterocycles. The van der Waals surface area contributed by atoms with E-state index in [9.17, 15) is 4.79 Å². The van der Waals surface area contributed by atoms with Gasteiger partial charge in [-0.15, -0.1) is 24.8 Å². The summed E-state index contributed by atoms with van der Waals surface area (Å²) in [6.07, 6.45) is 5.31. The summed E-state index contributed by atoms with van der Waals surface area (Å²) in [5.41, 5.74) is 4.10. The van der Waals surface area contributed by atoms with Crippen molar-refractivity contribution in [3.05, 3.63) is 65.7 Å². The summed E-state index contributed by atoms with van der Waals surface area (Å²) in [5, 5.41) is 6.62. The number of fused-ring (bicyclic) bond motifs is 1. The Labute approximate surface area is 186 Å². The van der Waals surface area contributed by atoms with Crippen LogP contribution >= 0.6 is 24.8 Å². The number of para-hydroxylation sites is 1. The Bertz CT molecular complexity index is 772. The summed E-state index contributed by atoms with van der Waals surface area (Å²) in [6, 6.07) is 19.3. The van der Waals surface area contributed by atoms with Crippen LogP contribution in [0.4, 0.5) is 5.69 Å². The molecule has 4 nitrogen and oxygen atoms in total. The zero-order valence-electron chi connectivity index (χ0n) is 16.7. The molecule has 1 saturated heterocycles. The molecule has 1 amide bonds. The Kier molecular flexibility index (Phi) is 9.28. The summed E-state index contributed by atoms with van der Waals surface area (Å²) < 4.78 is 0. The normalized spacial score (nSPS) is 20.2. The lowest BCUT2D eigenvalue weighted by atomic mass is 10.0. The third-order valence-corrected chi connectivity index (χ3v) is 5.78. The average molecular weight is 436 g/mol. The highest BCUT2D eigenvalue weighted by atomic mass is 35.5. The predicted molar refractivity (Wildman–Crippen MR) is 124 cm³/mol. The van der Waals surface area contributed by atoms with Gasteiger partial charge in [0.05, 0.1) is 6.04 Å². The molecule has 2 aromatic rings. The molecule has 2 N–H and O–H groups in total. The number of hydrogen-bond acceptors (Lipinski definition) is 3. The fraction of sp³-hybridized carbons (Fsp3) is 0.435. The molecule has 0 aliphatic carbocycles. The van der Waals surface area contributed by atoms with Gasteiger partial charge in [0.15, 0.2) is 0 Å². The smallest absolute Gasteiger partial charge is 0.237 e. The van der Waals surface area contributed by atoms with Crippen molar-refractivity contribution < 1.29 is 4.79 Å². The molecule has 2 aliphatic rings. The van der Waals surface area contributed by atoms with Crippen LogP contribution in [-0.2, 0) is 11.2 Å². The van der Waals surface area contributed by atoms with Gasteiger partial charge in [0.2, 0.25) is 5.91 Å². The van der Waals surface area contributed by atoms with Crippen molar-refractivity contribution in [2.24, 2.45) is 0 Å². The number of carbonyl (C=O) groups excluding carboxylic acids is 1. The second kappa shape index (κ2) is 11.4. The Morgan fingerprint density at radius 1 is 1.03 bits per heavy atom. The molecule has 0 bridgehead atoms. The second-order valence-corrected chi connectivity index (χ2v) is 7.62. The lowest BCUT2D eigenvalue weighted by Crippen LogP contribution is -2.42. The summed E-state index contributed by atoms with van der Waals surface area (Å²) in [7, 11) is 0. The summed E-state index contributed by atoms with van der Waals surface area (Å²) in [6.45, 7) is 2.86. The van der Waals surface area contributed by atoms with Gasteiger partial charge in [0.1, 0.15) is 0 Å². The van der Waals surface area contributed by atoms with E-state index in [1.807, 2.05) is 6.07 Å². The Morgan fingerprint density at radius 2 is 1.79 bits per heavy atom. The van der Waals surface area contributed by atoms with E-state index in [0.717, 1.165) is 38.9 Å². The molecule has 0 spiro atoms. The maximum absolute atomic E-state index is 12.5. The van der Waals surface area contributed by atoms with E-state index < -0.39 is 0 Å². The van der Waals surface area contributed by atoms with Gasteiger partial charge in [-0.3, -0.25) is 10.1 Å². The summed E-state index contributed by atoms with van der Waals surface area (Å²) >= 11 is 0. The van der Waals surface area contributed by atoms with Gasteiger partial charge < -0.3 is 10.2 Å². The van der Waals surface area contributed by atoms with E-state index in [-0.39, 0.29) is 36.8 Å². The second-order valence-electron chi connectivity index (χ2n) is 7.62. The van der Waals surface area contributed by atoms with E-state index in [4.69, 9.17) is 0 Å². The minimum absolute atomic E-state index is 0. The number of rotatable bonds is 6. The van der Waals surface area contributed by atoms with Crippen LogP contribution in [0.15, 0.2) is 54.6 Å². The van der Waals surface area contributed by atoms with Crippen LogP contribution in [0.1, 0.15) is 42.9 Å². The fourth-order valence-electron chi connectivity index (χ4n) is 4.35. The fourth-order valence-corrected chi connectivity index (χ4v) is 4.35. The van der Waals surface area contributed by atoms with E-state index in [1.54, 1.807) is 0 Å². The number of hydrogen-bond donors (Lipinski definition) is 2. The monoisotopic (exact) mass is 435 g/mol. The molecule has 4 rings (SSSR count). The summed E-state index contributed by atoms with van der Waals surface area (Å²) in [5.74, 6) is 0.146. The number of nitrogens with one attached hydrogen (secondary N) is 2. The molecule has 6 heteroatoms. The first-order valence-corrected chi connectivity index (χ1v) is 10.2. The van der Waals surface area contributed by atoms with E-state index in [1.165, 1.54) is 29.7 Å². The van der Waals surface area contributed by atoms with Crippen LogP contribution in [0.25, 0.3) is 0 Å². The first-order valence-electron chi connectivity index (χ1n) is 10.2. The number of aryl methyl sites for hydroxylation is 1. The molecule has 2 aliphatic heterocycles. The number of carbonyl (C=O) groups is 1. The van der Waals surface area contributed by atoms with Crippen molar-refractivity contribution in [2.45, 2.75) is 44.2 Å². The number of benzene rings is 2. The van der Waals surface area contributed by atoms with Crippen molar-refractivity contribution in [3.8, 4) is 0 Å². The van der Waals surface area contributed by atoms with Crippen molar-refractivity contribution in [1.29, 1.82) is 0 Å². The first-order chi connectivity index (χ1) is 13.3. The van der Waals surface area contributed by atoms with Gasteiger partial charge in [-0.1, -0.05) is 48.5 Å². The Morgan fingerprint density at radius 3 is 2.62 bits per heavy atom. The minimum atomic E-state index is -0.0640. The zero-order chi connectivity index (χ0) is 18.5. The van der Waals surface area contributed by atoms with Crippen molar-refractivity contribution in [1.82, 2.24) is 10.6 Å². The highest BCUT2D eigenvalue weighted by Gasteiger charge is 2.29. The lowest BCUT2D eigenvalue weighted by Gasteiger charge is -2.31. The van der Waals surface area contributed by atoms with Crippen LogP contribution in [0, 0.1) is 0 Å². The molecule has 158 valence electrons. The lowest BCUT2D eigenvalue weighted by molar-refractivity contribution is -0.122. The van der Waals surface area contributed by atoms with Gasteiger partial charge in [-0.2, -0.15) is 0 Å². The highest BCUT2D eigenvalue weighted by Crippen LogP contribution is 2.27. The van der Waals surface area contributed by atoms with Gasteiger partial charge in [0, 0.05) is 31.4 Å². The molecule has 0 unspecified atom stereocenters. The van der Waals surface area contributed by atoms with Gasteiger partial charge in [-0.05, 0) is 49.3 Å². The third-order valence-electron chi connectivity index (χ3n) is 5.78. The zero-order valence-corrected chi connectivity index (χ0v) is 18.3. The molecule has 0 saturated carbocycles. The predicted octanol–water partition coefficient (Wildman–Crippen LogP) is 4.28. The van der Waals surface area contributed by atoms with Gasteiger partial charge in [0.25, 0.3) is 0 Å². The van der Waals surface area contributed by atoms with Crippen LogP contribution in [-0.4, -0.2) is 31.6 Å². The van der Waals surface area contributed by atoms with Crippen LogP contribution < -0.4 is 15.5 Å². The first kappa shape index (κ1) is 23.5. The number of anilines is 1. The SMILES string of the molecule is Cl.Cl.O=C(NCCCN1CCCc2ccccc21)[C@H]1CC[C@H](c2ccccc2)N1.